The molecule has 1 N–H and O–H groups in total. The van der Waals surface area contributed by atoms with Crippen LogP contribution in [0.4, 0.5) is 4.39 Å². The van der Waals surface area contributed by atoms with Crippen LogP contribution in [0.2, 0.25) is 0 Å². The highest BCUT2D eigenvalue weighted by molar-refractivity contribution is 7.91. The number of hydrogen-bond donors (Lipinski definition) is 1. The Labute approximate surface area is 135 Å². The third-order valence-corrected chi connectivity index (χ3v) is 5.87. The molecule has 1 saturated heterocycles. The van der Waals surface area contributed by atoms with Crippen LogP contribution in [0, 0.1) is 5.82 Å². The van der Waals surface area contributed by atoms with Crippen molar-refractivity contribution < 1.29 is 17.5 Å². The number of ether oxygens (including phenoxy) is 1. The fraction of sp³-hybridized carbons (Fsp3) is 0.294. The molecule has 0 saturated carbocycles. The van der Waals surface area contributed by atoms with E-state index in [1.807, 2.05) is 0 Å². The van der Waals surface area contributed by atoms with Crippen LogP contribution in [0.25, 0.3) is 0 Å². The molecule has 0 unspecified atom stereocenters. The van der Waals surface area contributed by atoms with Gasteiger partial charge in [-0.15, -0.1) is 0 Å². The topological polar surface area (TPSA) is 55.4 Å². The molecular weight excluding hydrogens is 317 g/mol. The first-order valence-electron chi connectivity index (χ1n) is 7.41. The van der Waals surface area contributed by atoms with Crippen LogP contribution >= 0.6 is 0 Å². The van der Waals surface area contributed by atoms with E-state index in [0.717, 1.165) is 31.1 Å². The Morgan fingerprint density at radius 2 is 1.96 bits per heavy atom. The molecule has 3 rings (SSSR count). The quantitative estimate of drug-likeness (QED) is 0.933. The van der Waals surface area contributed by atoms with Crippen LogP contribution in [0.5, 0.6) is 5.75 Å². The number of hydrogen-bond acceptors (Lipinski definition) is 4. The van der Waals surface area contributed by atoms with Gasteiger partial charge in [-0.25, -0.2) is 12.8 Å². The van der Waals surface area contributed by atoms with Crippen molar-refractivity contribution in [1.29, 1.82) is 0 Å². The van der Waals surface area contributed by atoms with E-state index in [2.05, 4.69) is 5.32 Å². The average Bonchev–Trinajstić information content (AvgIpc) is 3.08. The van der Waals surface area contributed by atoms with Crippen LogP contribution in [0.1, 0.15) is 17.9 Å². The minimum atomic E-state index is -3.77. The molecule has 0 aromatic heterocycles. The number of nitrogens with one attached hydrogen (secondary N) is 1. The molecule has 1 fully saturated rings. The predicted octanol–water partition coefficient (Wildman–Crippen LogP) is 2.74. The molecule has 1 aliphatic heterocycles. The monoisotopic (exact) mass is 335 g/mol. The molecule has 4 nitrogen and oxygen atoms in total. The number of benzene rings is 2. The minimum Gasteiger partial charge on any atom is -0.496 e. The summed E-state index contributed by atoms with van der Waals surface area (Å²) in [5.74, 6) is 0.291. The van der Waals surface area contributed by atoms with E-state index in [1.165, 1.54) is 31.4 Å². The summed E-state index contributed by atoms with van der Waals surface area (Å²) in [4.78, 5) is 0.0458. The highest BCUT2D eigenvalue weighted by Crippen LogP contribution is 2.34. The van der Waals surface area contributed by atoms with Gasteiger partial charge < -0.3 is 10.1 Å². The lowest BCUT2D eigenvalue weighted by atomic mass is 9.97. The zero-order valence-electron chi connectivity index (χ0n) is 12.8. The van der Waals surface area contributed by atoms with E-state index in [-0.39, 0.29) is 9.79 Å². The maximum atomic E-state index is 13.3. The van der Waals surface area contributed by atoms with Gasteiger partial charge in [-0.05, 0) is 48.9 Å². The van der Waals surface area contributed by atoms with Gasteiger partial charge in [0, 0.05) is 12.5 Å². The van der Waals surface area contributed by atoms with Gasteiger partial charge in [-0.2, -0.15) is 0 Å². The molecule has 1 heterocycles. The Kier molecular flexibility index (Phi) is 4.37. The summed E-state index contributed by atoms with van der Waals surface area (Å²) in [6.07, 6.45) is 0.992. The highest BCUT2D eigenvalue weighted by Gasteiger charge is 2.24. The highest BCUT2D eigenvalue weighted by atomic mass is 32.2. The lowest BCUT2D eigenvalue weighted by molar-refractivity contribution is 0.405. The maximum absolute atomic E-state index is 13.3. The van der Waals surface area contributed by atoms with Crippen LogP contribution < -0.4 is 10.1 Å². The fourth-order valence-electron chi connectivity index (χ4n) is 2.89. The Morgan fingerprint density at radius 3 is 2.61 bits per heavy atom. The number of methoxy groups -OCH3 is 1. The largest absolute Gasteiger partial charge is 0.496 e. The van der Waals surface area contributed by atoms with E-state index in [4.69, 9.17) is 4.74 Å². The Morgan fingerprint density at radius 1 is 1.17 bits per heavy atom. The Balaban J connectivity index is 2.03. The summed E-state index contributed by atoms with van der Waals surface area (Å²) in [7, 11) is -2.24. The first kappa shape index (κ1) is 16.0. The maximum Gasteiger partial charge on any atom is 0.206 e. The molecule has 1 aliphatic rings. The summed E-state index contributed by atoms with van der Waals surface area (Å²) in [5.41, 5.74) is 0.996. The molecule has 2 aromatic carbocycles. The van der Waals surface area contributed by atoms with Crippen LogP contribution in [0.15, 0.2) is 52.3 Å². The molecule has 0 radical (unpaired) electrons. The number of sulfone groups is 1. The molecule has 2 aromatic rings. The molecule has 6 heteroatoms. The summed E-state index contributed by atoms with van der Waals surface area (Å²) in [5, 5.41) is 3.28. The van der Waals surface area contributed by atoms with Crippen molar-refractivity contribution in [2.75, 3.05) is 20.2 Å². The van der Waals surface area contributed by atoms with Crippen LogP contribution in [-0.4, -0.2) is 28.6 Å². The van der Waals surface area contributed by atoms with Gasteiger partial charge >= 0.3 is 0 Å². The second-order valence-electron chi connectivity index (χ2n) is 5.55. The van der Waals surface area contributed by atoms with Gasteiger partial charge in [-0.3, -0.25) is 0 Å². The van der Waals surface area contributed by atoms with E-state index in [9.17, 15) is 12.8 Å². The smallest absolute Gasteiger partial charge is 0.206 e. The lowest BCUT2D eigenvalue weighted by Gasteiger charge is -2.15. The van der Waals surface area contributed by atoms with Crippen molar-refractivity contribution in [3.63, 3.8) is 0 Å². The van der Waals surface area contributed by atoms with Gasteiger partial charge in [0.15, 0.2) is 0 Å². The summed E-state index contributed by atoms with van der Waals surface area (Å²) >= 11 is 0. The molecular formula is C17H18FNO3S. The second-order valence-corrected chi connectivity index (χ2v) is 7.50. The van der Waals surface area contributed by atoms with E-state index >= 15 is 0 Å². The molecule has 1 atom stereocenters. The lowest BCUT2D eigenvalue weighted by Crippen LogP contribution is -2.09. The molecule has 0 aliphatic carbocycles. The molecule has 0 bridgehead atoms. The number of rotatable bonds is 4. The van der Waals surface area contributed by atoms with E-state index in [1.54, 1.807) is 12.1 Å². The van der Waals surface area contributed by atoms with Crippen molar-refractivity contribution in [3.8, 4) is 5.75 Å². The normalized spacial score (nSPS) is 18.1. The predicted molar refractivity (Wildman–Crippen MR) is 85.1 cm³/mol. The van der Waals surface area contributed by atoms with Crippen LogP contribution in [-0.2, 0) is 9.84 Å². The van der Waals surface area contributed by atoms with E-state index < -0.39 is 15.7 Å². The Bertz CT molecular complexity index is 814. The molecule has 122 valence electrons. The SMILES string of the molecule is COc1cc(S(=O)(=O)c2cccc(F)c2)ccc1[C@H]1CCNC1. The van der Waals surface area contributed by atoms with Crippen molar-refractivity contribution in [2.45, 2.75) is 22.1 Å². The zero-order valence-corrected chi connectivity index (χ0v) is 13.6. The van der Waals surface area contributed by atoms with Crippen molar-refractivity contribution in [2.24, 2.45) is 0 Å². The third kappa shape index (κ3) is 3.09. The van der Waals surface area contributed by atoms with Crippen LogP contribution in [0.3, 0.4) is 0 Å². The average molecular weight is 335 g/mol. The summed E-state index contributed by atoms with van der Waals surface area (Å²) in [6.45, 7) is 1.80. The standard InChI is InChI=1S/C17H18FNO3S/c1-22-17-10-15(5-6-16(17)12-7-8-19-11-12)23(20,21)14-4-2-3-13(18)9-14/h2-6,9-10,12,19H,7-8,11H2,1H3/t12-/m0/s1. The zero-order chi connectivity index (χ0) is 16.4. The van der Waals surface area contributed by atoms with Gasteiger partial charge in [0.25, 0.3) is 0 Å². The van der Waals surface area contributed by atoms with Gasteiger partial charge in [-0.1, -0.05) is 12.1 Å². The second kappa shape index (κ2) is 6.29. The molecule has 0 spiro atoms. The summed E-state index contributed by atoms with van der Waals surface area (Å²) < 4.78 is 44.0. The van der Waals surface area contributed by atoms with Crippen molar-refractivity contribution in [3.05, 3.63) is 53.8 Å². The molecule has 0 amide bonds. The van der Waals surface area contributed by atoms with E-state index in [0.29, 0.717) is 11.7 Å². The molecule has 23 heavy (non-hydrogen) atoms. The first-order chi connectivity index (χ1) is 11.0. The van der Waals surface area contributed by atoms with Crippen molar-refractivity contribution in [1.82, 2.24) is 5.32 Å². The van der Waals surface area contributed by atoms with Crippen molar-refractivity contribution >= 4 is 9.84 Å². The Hall–Kier alpha value is -1.92. The van der Waals surface area contributed by atoms with Gasteiger partial charge in [0.1, 0.15) is 11.6 Å². The minimum absolute atomic E-state index is 0.0603. The van der Waals surface area contributed by atoms with Gasteiger partial charge in [0.05, 0.1) is 16.9 Å². The van der Waals surface area contributed by atoms with Gasteiger partial charge in [0.2, 0.25) is 9.84 Å². The third-order valence-electron chi connectivity index (χ3n) is 4.12. The fourth-order valence-corrected chi connectivity index (χ4v) is 4.19. The number of halogens is 1. The first-order valence-corrected chi connectivity index (χ1v) is 8.90. The summed E-state index contributed by atoms with van der Waals surface area (Å²) in [6, 6.07) is 9.90.